The molecule has 1 aliphatic heterocycles. The molecule has 0 saturated carbocycles. The van der Waals surface area contributed by atoms with E-state index in [1.807, 2.05) is 36.4 Å². The molecule has 0 spiro atoms. The molecule has 4 aromatic rings. The van der Waals surface area contributed by atoms with E-state index >= 15 is 0 Å². The molecule has 0 unspecified atom stereocenters. The number of benzene rings is 2. The maximum Gasteiger partial charge on any atom is 0.321 e. The topological polar surface area (TPSA) is 144 Å². The minimum Gasteiger partial charge on any atom is -0.481 e. The number of methoxy groups -OCH3 is 2. The molecule has 0 amide bonds. The van der Waals surface area contributed by atoms with Crippen molar-refractivity contribution in [1.82, 2.24) is 14.9 Å². The van der Waals surface area contributed by atoms with E-state index in [9.17, 15) is 20.1 Å². The number of nitrogens with zero attached hydrogens (tertiary/aromatic N) is 3. The van der Waals surface area contributed by atoms with Gasteiger partial charge in [-0.1, -0.05) is 59.6 Å². The number of aliphatic hydroxyl groups excluding tert-OH is 2. The van der Waals surface area contributed by atoms with Gasteiger partial charge in [-0.15, -0.1) is 0 Å². The van der Waals surface area contributed by atoms with Gasteiger partial charge in [-0.05, 0) is 12.1 Å². The smallest absolute Gasteiger partial charge is 0.321 e. The fourth-order valence-electron chi connectivity index (χ4n) is 5.29. The first-order valence-electron chi connectivity index (χ1n) is 14.4. The Kier molecular flexibility index (Phi) is 10.8. The Morgan fingerprint density at radius 3 is 1.85 bits per heavy atom. The van der Waals surface area contributed by atoms with Crippen LogP contribution in [0.5, 0.6) is 23.5 Å². The van der Waals surface area contributed by atoms with Gasteiger partial charge in [0.05, 0.1) is 37.0 Å². The summed E-state index contributed by atoms with van der Waals surface area (Å²) in [5.74, 6) is 0.226. The highest BCUT2D eigenvalue weighted by Crippen LogP contribution is 2.37. The van der Waals surface area contributed by atoms with Gasteiger partial charge < -0.3 is 34.3 Å². The van der Waals surface area contributed by atoms with E-state index in [1.165, 1.54) is 14.2 Å². The van der Waals surface area contributed by atoms with Crippen LogP contribution in [0.25, 0.3) is 11.1 Å². The molecule has 46 heavy (non-hydrogen) atoms. The summed E-state index contributed by atoms with van der Waals surface area (Å²) in [5.41, 5.74) is 4.08. The van der Waals surface area contributed by atoms with E-state index in [2.05, 4.69) is 9.97 Å². The Labute approximate surface area is 275 Å². The fraction of sp³-hybridized carbons (Fsp3) is 0.303. The van der Waals surface area contributed by atoms with Gasteiger partial charge in [0, 0.05) is 65.0 Å². The largest absolute Gasteiger partial charge is 0.481 e. The Morgan fingerprint density at radius 2 is 1.35 bits per heavy atom. The second-order valence-electron chi connectivity index (χ2n) is 10.6. The van der Waals surface area contributed by atoms with Crippen molar-refractivity contribution in [2.45, 2.75) is 44.9 Å². The minimum absolute atomic E-state index is 0.110. The second kappa shape index (κ2) is 15.0. The molecule has 2 aromatic heterocycles. The summed E-state index contributed by atoms with van der Waals surface area (Å²) in [4.78, 5) is 22.0. The predicted octanol–water partition coefficient (Wildman–Crippen LogP) is 5.14. The molecule has 1 fully saturated rings. The number of halogens is 2. The van der Waals surface area contributed by atoms with Gasteiger partial charge in [-0.25, -0.2) is 0 Å². The molecule has 1 saturated heterocycles. The minimum atomic E-state index is -0.979. The van der Waals surface area contributed by atoms with Gasteiger partial charge in [-0.2, -0.15) is 9.97 Å². The molecule has 3 N–H and O–H groups in total. The lowest BCUT2D eigenvalue weighted by molar-refractivity contribution is -0.142. The van der Waals surface area contributed by atoms with Crippen LogP contribution in [0.4, 0.5) is 0 Å². The van der Waals surface area contributed by atoms with E-state index in [0.717, 1.165) is 5.56 Å². The maximum atomic E-state index is 11.6. The number of rotatable bonds is 13. The number of carbonyl (C=O) groups is 1. The van der Waals surface area contributed by atoms with E-state index < -0.39 is 18.1 Å². The van der Waals surface area contributed by atoms with Crippen LogP contribution in [-0.2, 0) is 31.2 Å². The first-order chi connectivity index (χ1) is 22.2. The number of carboxylic acids is 1. The molecule has 13 heteroatoms. The van der Waals surface area contributed by atoms with E-state index in [4.69, 9.17) is 42.1 Å². The van der Waals surface area contributed by atoms with Crippen molar-refractivity contribution in [1.29, 1.82) is 0 Å². The molecule has 0 bridgehead atoms. The van der Waals surface area contributed by atoms with Crippen molar-refractivity contribution in [2.24, 2.45) is 0 Å². The highest BCUT2D eigenvalue weighted by Gasteiger charge is 2.36. The van der Waals surface area contributed by atoms with Crippen LogP contribution in [0.15, 0.2) is 60.7 Å². The van der Waals surface area contributed by atoms with Crippen molar-refractivity contribution in [3.8, 4) is 34.6 Å². The van der Waals surface area contributed by atoms with E-state index in [0.29, 0.717) is 55.5 Å². The third-order valence-corrected chi connectivity index (χ3v) is 8.52. The van der Waals surface area contributed by atoms with Crippen LogP contribution in [0.1, 0.15) is 28.7 Å². The first-order valence-corrected chi connectivity index (χ1v) is 15.1. The number of likely N-dealkylation sites (tertiary alicyclic amines) is 1. The average Bonchev–Trinajstić information content (AvgIpc) is 3.44. The lowest BCUT2D eigenvalue weighted by Gasteiger charge is -2.21. The predicted molar refractivity (Wildman–Crippen MR) is 171 cm³/mol. The molecule has 5 rings (SSSR count). The van der Waals surface area contributed by atoms with Gasteiger partial charge in [0.1, 0.15) is 19.3 Å². The van der Waals surface area contributed by atoms with Crippen LogP contribution in [0.3, 0.4) is 0 Å². The third kappa shape index (κ3) is 7.46. The van der Waals surface area contributed by atoms with Crippen molar-refractivity contribution in [3.05, 3.63) is 93.0 Å². The standard InChI is InChI=1S/C33H33Cl2N3O8/c1-43-31-19(14-38-15-23(40)13-26(38)33(41)42)9-11-27(36-31)45-17-21-5-3-7-24(29(21)34)25-8-4-6-22(30(25)35)18-46-28-12-10-20(16-39)32(37-28)44-2/h3-12,23,26,39-40H,13-18H2,1-2H3,(H,41,42)/t23-,26-/m0/s1. The highest BCUT2D eigenvalue weighted by molar-refractivity contribution is 6.37. The molecule has 0 radical (unpaired) electrons. The number of ether oxygens (including phenoxy) is 4. The summed E-state index contributed by atoms with van der Waals surface area (Å²) in [6.07, 6.45) is -0.532. The Bertz CT molecular complexity index is 1710. The summed E-state index contributed by atoms with van der Waals surface area (Å²) in [7, 11) is 2.95. The number of carboxylic acid groups (broad SMARTS) is 1. The summed E-state index contributed by atoms with van der Waals surface area (Å²) in [6.45, 7) is 0.552. The first kappa shape index (κ1) is 33.2. The number of β-amino-alcohol motifs (C(OH)–C–C–N with tert-alkyl or cyclic N) is 1. The van der Waals surface area contributed by atoms with Crippen LogP contribution in [0, 0.1) is 0 Å². The molecule has 242 valence electrons. The normalized spacial score (nSPS) is 16.3. The van der Waals surface area contributed by atoms with Crippen LogP contribution in [-0.4, -0.2) is 69.1 Å². The van der Waals surface area contributed by atoms with Gasteiger partial charge in [0.25, 0.3) is 0 Å². The Hall–Kier alpha value is -4.13. The molecular formula is C33H33Cl2N3O8. The van der Waals surface area contributed by atoms with Crippen molar-refractivity contribution < 1.29 is 39.1 Å². The molecule has 3 heterocycles. The summed E-state index contributed by atoms with van der Waals surface area (Å²) in [5, 5.41) is 29.9. The van der Waals surface area contributed by atoms with Crippen LogP contribution in [0.2, 0.25) is 10.0 Å². The summed E-state index contributed by atoms with van der Waals surface area (Å²) >= 11 is 13.7. The number of aromatic nitrogens is 2. The summed E-state index contributed by atoms with van der Waals surface area (Å²) in [6, 6.07) is 17.2. The molecule has 2 atom stereocenters. The SMILES string of the molecule is COc1nc(OCc2cccc(-c3cccc(COc4ccc(CN5C[C@@H](O)C[C@H]5C(=O)O)c(OC)n4)c3Cl)c2Cl)ccc1CO. The lowest BCUT2D eigenvalue weighted by Crippen LogP contribution is -2.35. The number of aliphatic hydroxyl groups is 2. The Balaban J connectivity index is 1.28. The average molecular weight is 671 g/mol. The summed E-state index contributed by atoms with van der Waals surface area (Å²) < 4.78 is 22.5. The number of hydrogen-bond donors (Lipinski definition) is 3. The zero-order valence-corrected chi connectivity index (χ0v) is 26.7. The van der Waals surface area contributed by atoms with Gasteiger partial charge in [0.15, 0.2) is 0 Å². The monoisotopic (exact) mass is 669 g/mol. The second-order valence-corrected chi connectivity index (χ2v) is 11.4. The zero-order valence-electron chi connectivity index (χ0n) is 25.2. The van der Waals surface area contributed by atoms with E-state index in [-0.39, 0.29) is 45.2 Å². The quantitative estimate of drug-likeness (QED) is 0.174. The molecule has 2 aromatic carbocycles. The zero-order chi connectivity index (χ0) is 32.8. The van der Waals surface area contributed by atoms with Crippen molar-refractivity contribution in [2.75, 3.05) is 20.8 Å². The van der Waals surface area contributed by atoms with Gasteiger partial charge in [0.2, 0.25) is 23.5 Å². The third-order valence-electron chi connectivity index (χ3n) is 7.62. The van der Waals surface area contributed by atoms with E-state index in [1.54, 1.807) is 29.2 Å². The molecule has 0 aliphatic carbocycles. The van der Waals surface area contributed by atoms with Gasteiger partial charge >= 0.3 is 5.97 Å². The fourth-order valence-corrected chi connectivity index (χ4v) is 5.86. The number of hydrogen-bond acceptors (Lipinski definition) is 10. The number of aliphatic carboxylic acids is 1. The number of pyridine rings is 2. The van der Waals surface area contributed by atoms with Crippen LogP contribution < -0.4 is 18.9 Å². The van der Waals surface area contributed by atoms with Gasteiger partial charge in [-0.3, -0.25) is 9.69 Å². The van der Waals surface area contributed by atoms with Crippen LogP contribution >= 0.6 is 23.2 Å². The Morgan fingerprint density at radius 1 is 0.826 bits per heavy atom. The highest BCUT2D eigenvalue weighted by atomic mass is 35.5. The lowest BCUT2D eigenvalue weighted by atomic mass is 10.0. The molecular weight excluding hydrogens is 637 g/mol. The maximum absolute atomic E-state index is 11.6. The molecule has 1 aliphatic rings. The van der Waals surface area contributed by atoms with Crippen molar-refractivity contribution in [3.63, 3.8) is 0 Å². The molecule has 11 nitrogen and oxygen atoms in total. The van der Waals surface area contributed by atoms with Crippen molar-refractivity contribution >= 4 is 29.2 Å².